The van der Waals surface area contributed by atoms with Gasteiger partial charge < -0.3 is 10.2 Å². The summed E-state index contributed by atoms with van der Waals surface area (Å²) in [5.41, 5.74) is 1.70. The maximum absolute atomic E-state index is 13.9. The molecule has 0 radical (unpaired) electrons. The third kappa shape index (κ3) is 8.41. The molecule has 0 bridgehead atoms. The predicted octanol–water partition coefficient (Wildman–Crippen LogP) is 5.44. The zero-order chi connectivity index (χ0) is 29.2. The zero-order valence-electron chi connectivity index (χ0n) is 23.4. The van der Waals surface area contributed by atoms with Crippen LogP contribution in [0.15, 0.2) is 89.8 Å². The van der Waals surface area contributed by atoms with Crippen molar-refractivity contribution in [2.45, 2.75) is 68.5 Å². The van der Waals surface area contributed by atoms with Crippen LogP contribution in [0.5, 0.6) is 0 Å². The van der Waals surface area contributed by atoms with E-state index in [1.165, 1.54) is 11.4 Å². The van der Waals surface area contributed by atoms with Gasteiger partial charge in [0, 0.05) is 44.0 Å². The second-order valence-corrected chi connectivity index (χ2v) is 13.0. The Hall–Kier alpha value is -3.20. The Labute approximate surface area is 248 Å². The number of hydrogen-bond acceptors (Lipinski definition) is 4. The number of carbonyl (C=O) groups excluding carboxylic acids is 2. The van der Waals surface area contributed by atoms with E-state index in [1.807, 2.05) is 48.5 Å². The van der Waals surface area contributed by atoms with Gasteiger partial charge in [-0.05, 0) is 48.6 Å². The maximum Gasteiger partial charge on any atom is 0.243 e. The Kier molecular flexibility index (Phi) is 11.0. The van der Waals surface area contributed by atoms with E-state index in [4.69, 9.17) is 11.6 Å². The number of hydrogen-bond donors (Lipinski definition) is 1. The van der Waals surface area contributed by atoms with Gasteiger partial charge in [-0.3, -0.25) is 9.59 Å². The average Bonchev–Trinajstić information content (AvgIpc) is 3.49. The number of carbonyl (C=O) groups is 2. The van der Waals surface area contributed by atoms with E-state index in [2.05, 4.69) is 5.32 Å². The minimum Gasteiger partial charge on any atom is -0.352 e. The first-order chi connectivity index (χ1) is 19.8. The van der Waals surface area contributed by atoms with Crippen molar-refractivity contribution < 1.29 is 18.0 Å². The monoisotopic (exact) mass is 595 g/mol. The molecule has 0 heterocycles. The summed E-state index contributed by atoms with van der Waals surface area (Å²) in [5.74, 6) is -0.400. The van der Waals surface area contributed by atoms with E-state index in [0.717, 1.165) is 36.8 Å². The molecular weight excluding hydrogens is 558 g/mol. The number of halogens is 1. The summed E-state index contributed by atoms with van der Waals surface area (Å²) in [6.07, 6.45) is 4.78. The van der Waals surface area contributed by atoms with E-state index in [9.17, 15) is 18.0 Å². The summed E-state index contributed by atoms with van der Waals surface area (Å²) in [6.45, 7) is 0.340. The third-order valence-corrected chi connectivity index (χ3v) is 9.83. The van der Waals surface area contributed by atoms with Gasteiger partial charge >= 0.3 is 0 Å². The van der Waals surface area contributed by atoms with Crippen molar-refractivity contribution in [1.29, 1.82) is 0 Å². The number of nitrogens with zero attached hydrogens (tertiary/aromatic N) is 2. The molecule has 3 aromatic rings. The third-order valence-electron chi connectivity index (χ3n) is 7.59. The molecule has 1 N–H and O–H groups in total. The van der Waals surface area contributed by atoms with E-state index in [0.29, 0.717) is 17.9 Å². The summed E-state index contributed by atoms with van der Waals surface area (Å²) < 4.78 is 27.2. The molecule has 0 aromatic heterocycles. The van der Waals surface area contributed by atoms with Crippen molar-refractivity contribution in [3.63, 3.8) is 0 Å². The van der Waals surface area contributed by atoms with Crippen molar-refractivity contribution in [2.75, 3.05) is 13.6 Å². The van der Waals surface area contributed by atoms with Crippen LogP contribution < -0.4 is 5.32 Å². The van der Waals surface area contributed by atoms with Crippen molar-refractivity contribution >= 4 is 33.4 Å². The van der Waals surface area contributed by atoms with Crippen LogP contribution in [0.3, 0.4) is 0 Å². The molecule has 1 aliphatic carbocycles. The zero-order valence-corrected chi connectivity index (χ0v) is 25.0. The van der Waals surface area contributed by atoms with Crippen molar-refractivity contribution in [2.24, 2.45) is 0 Å². The molecule has 3 aromatic carbocycles. The molecule has 1 saturated carbocycles. The molecule has 0 spiro atoms. The van der Waals surface area contributed by atoms with Crippen LogP contribution in [0.1, 0.15) is 49.7 Å². The fourth-order valence-electron chi connectivity index (χ4n) is 5.22. The van der Waals surface area contributed by atoms with Crippen LogP contribution in [-0.4, -0.2) is 55.1 Å². The van der Waals surface area contributed by atoms with Crippen LogP contribution in [0.25, 0.3) is 0 Å². The molecule has 1 fully saturated rings. The molecule has 1 atom stereocenters. The number of sulfonamides is 1. The van der Waals surface area contributed by atoms with Crippen LogP contribution in [-0.2, 0) is 32.6 Å². The van der Waals surface area contributed by atoms with Crippen molar-refractivity contribution in [3.8, 4) is 0 Å². The minimum absolute atomic E-state index is 0.0844. The lowest BCUT2D eigenvalue weighted by atomic mass is 10.0. The van der Waals surface area contributed by atoms with Crippen LogP contribution in [0, 0.1) is 0 Å². The smallest absolute Gasteiger partial charge is 0.243 e. The summed E-state index contributed by atoms with van der Waals surface area (Å²) in [6, 6.07) is 24.6. The van der Waals surface area contributed by atoms with Gasteiger partial charge in [-0.15, -0.1) is 0 Å². The molecule has 2 amide bonds. The highest BCUT2D eigenvalue weighted by Gasteiger charge is 2.32. The molecular formula is C32H38ClN3O4S. The highest BCUT2D eigenvalue weighted by molar-refractivity contribution is 7.89. The molecule has 41 heavy (non-hydrogen) atoms. The molecule has 1 aliphatic rings. The van der Waals surface area contributed by atoms with Gasteiger partial charge in [0.25, 0.3) is 0 Å². The van der Waals surface area contributed by atoms with Crippen LogP contribution in [0.2, 0.25) is 5.02 Å². The van der Waals surface area contributed by atoms with Gasteiger partial charge in [-0.1, -0.05) is 91.2 Å². The molecule has 0 saturated heterocycles. The molecule has 0 aliphatic heterocycles. The summed E-state index contributed by atoms with van der Waals surface area (Å²) in [7, 11) is -2.15. The molecule has 4 rings (SSSR count). The van der Waals surface area contributed by atoms with E-state index in [1.54, 1.807) is 41.3 Å². The first-order valence-electron chi connectivity index (χ1n) is 14.1. The van der Waals surface area contributed by atoms with E-state index in [-0.39, 0.29) is 42.3 Å². The summed E-state index contributed by atoms with van der Waals surface area (Å²) in [4.78, 5) is 29.5. The van der Waals surface area contributed by atoms with Crippen LogP contribution in [0.4, 0.5) is 0 Å². The summed E-state index contributed by atoms with van der Waals surface area (Å²) >= 11 is 6.50. The van der Waals surface area contributed by atoms with Gasteiger partial charge in [0.1, 0.15) is 6.04 Å². The molecule has 0 unspecified atom stereocenters. The Morgan fingerprint density at radius 1 is 0.927 bits per heavy atom. The SMILES string of the molecule is CN(CCCC(=O)N(Cc1ccccc1Cl)[C@H](Cc1ccccc1)C(=O)NC1CCCC1)S(=O)(=O)c1ccccc1. The lowest BCUT2D eigenvalue weighted by Crippen LogP contribution is -2.52. The lowest BCUT2D eigenvalue weighted by molar-refractivity contribution is -0.141. The van der Waals surface area contributed by atoms with E-state index >= 15 is 0 Å². The number of nitrogens with one attached hydrogen (secondary N) is 1. The van der Waals surface area contributed by atoms with Gasteiger partial charge in [0.2, 0.25) is 21.8 Å². The largest absolute Gasteiger partial charge is 0.352 e. The predicted molar refractivity (Wildman–Crippen MR) is 162 cm³/mol. The van der Waals surface area contributed by atoms with Gasteiger partial charge in [-0.25, -0.2) is 12.7 Å². The Balaban J connectivity index is 1.55. The fraction of sp³-hybridized carbons (Fsp3) is 0.375. The fourth-order valence-corrected chi connectivity index (χ4v) is 6.65. The van der Waals surface area contributed by atoms with Crippen molar-refractivity contribution in [3.05, 3.63) is 101 Å². The number of rotatable bonds is 13. The second kappa shape index (κ2) is 14.6. The van der Waals surface area contributed by atoms with Gasteiger partial charge in [0.15, 0.2) is 0 Å². The minimum atomic E-state index is -3.67. The standard InChI is InChI=1S/C32H38ClN3O4S/c1-35(41(39,40)28-18-6-3-7-19-28)22-12-21-31(37)36(24-26-15-8-11-20-29(26)33)30(23-25-13-4-2-5-14-25)32(38)34-27-16-9-10-17-27/h2-8,11,13-15,18-20,27,30H,9-10,12,16-17,21-24H2,1H3,(H,34,38)/t30-/m1/s1. The number of amides is 2. The Bertz CT molecular complexity index is 1400. The molecule has 7 nitrogen and oxygen atoms in total. The van der Waals surface area contributed by atoms with Crippen molar-refractivity contribution in [1.82, 2.24) is 14.5 Å². The first kappa shape index (κ1) is 30.8. The first-order valence-corrected chi connectivity index (χ1v) is 16.0. The highest BCUT2D eigenvalue weighted by atomic mass is 35.5. The van der Waals surface area contributed by atoms with Crippen LogP contribution >= 0.6 is 11.6 Å². The topological polar surface area (TPSA) is 86.8 Å². The quantitative estimate of drug-likeness (QED) is 0.285. The highest BCUT2D eigenvalue weighted by Crippen LogP contribution is 2.23. The maximum atomic E-state index is 13.9. The van der Waals surface area contributed by atoms with Gasteiger partial charge in [-0.2, -0.15) is 0 Å². The molecule has 9 heteroatoms. The Morgan fingerprint density at radius 3 is 2.20 bits per heavy atom. The average molecular weight is 596 g/mol. The number of benzene rings is 3. The Morgan fingerprint density at radius 2 is 1.54 bits per heavy atom. The normalized spacial score (nSPS) is 14.6. The summed E-state index contributed by atoms with van der Waals surface area (Å²) in [5, 5.41) is 3.72. The molecule has 218 valence electrons. The van der Waals surface area contributed by atoms with Gasteiger partial charge in [0.05, 0.1) is 4.90 Å². The van der Waals surface area contributed by atoms with E-state index < -0.39 is 16.1 Å². The second-order valence-electron chi connectivity index (χ2n) is 10.6. The lowest BCUT2D eigenvalue weighted by Gasteiger charge is -2.33.